The number of nitrogens with one attached hydrogen (secondary N) is 1. The van der Waals surface area contributed by atoms with E-state index in [2.05, 4.69) is 12.2 Å². The molecular formula is C13H25N. The highest BCUT2D eigenvalue weighted by Gasteiger charge is 2.35. The zero-order valence-electron chi connectivity index (χ0n) is 9.65. The van der Waals surface area contributed by atoms with Crippen LogP contribution in [0.2, 0.25) is 0 Å². The molecule has 1 saturated heterocycles. The van der Waals surface area contributed by atoms with Gasteiger partial charge in [-0.15, -0.1) is 0 Å². The van der Waals surface area contributed by atoms with Crippen LogP contribution in [-0.4, -0.2) is 12.6 Å². The summed E-state index contributed by atoms with van der Waals surface area (Å²) in [6, 6.07) is 0.840. The largest absolute Gasteiger partial charge is 0.313 e. The van der Waals surface area contributed by atoms with Gasteiger partial charge in [0, 0.05) is 12.6 Å². The van der Waals surface area contributed by atoms with Gasteiger partial charge in [-0.3, -0.25) is 0 Å². The Morgan fingerprint density at radius 2 is 1.93 bits per heavy atom. The molecule has 0 aromatic carbocycles. The van der Waals surface area contributed by atoms with Gasteiger partial charge in [-0.2, -0.15) is 0 Å². The molecule has 1 heterocycles. The third-order valence-electron chi connectivity index (χ3n) is 4.34. The Balaban J connectivity index is 1.81. The van der Waals surface area contributed by atoms with Gasteiger partial charge in [-0.25, -0.2) is 0 Å². The van der Waals surface area contributed by atoms with Crippen LogP contribution in [0.15, 0.2) is 0 Å². The third-order valence-corrected chi connectivity index (χ3v) is 4.34. The Labute approximate surface area is 88.7 Å². The van der Waals surface area contributed by atoms with Gasteiger partial charge in [-0.05, 0) is 37.5 Å². The summed E-state index contributed by atoms with van der Waals surface area (Å²) in [5.41, 5.74) is 0.725. The fraction of sp³-hybridized carbons (Fsp3) is 1.00. The molecule has 0 bridgehead atoms. The average Bonchev–Trinajstić information content (AvgIpc) is 2.24. The van der Waals surface area contributed by atoms with Gasteiger partial charge in [0.15, 0.2) is 0 Å². The van der Waals surface area contributed by atoms with Gasteiger partial charge in [0.2, 0.25) is 0 Å². The van der Waals surface area contributed by atoms with Crippen LogP contribution in [0.4, 0.5) is 0 Å². The van der Waals surface area contributed by atoms with Crippen molar-refractivity contribution in [3.8, 4) is 0 Å². The molecule has 2 aliphatic rings. The summed E-state index contributed by atoms with van der Waals surface area (Å²) in [5.74, 6) is 0. The van der Waals surface area contributed by atoms with Gasteiger partial charge in [0.25, 0.3) is 0 Å². The molecule has 1 saturated carbocycles. The maximum atomic E-state index is 3.78. The predicted octanol–water partition coefficient (Wildman–Crippen LogP) is 3.49. The number of piperidine rings is 1. The molecule has 2 fully saturated rings. The standard InChI is InChI=1S/C13H25N/c1-2-6-12-7-10-13(11-14-12)8-4-3-5-9-13/h12,14H,2-11H2,1H3. The van der Waals surface area contributed by atoms with Crippen LogP contribution < -0.4 is 5.32 Å². The Kier molecular flexibility index (Phi) is 3.48. The van der Waals surface area contributed by atoms with Crippen LogP contribution in [0.25, 0.3) is 0 Å². The van der Waals surface area contributed by atoms with E-state index < -0.39 is 0 Å². The highest BCUT2D eigenvalue weighted by molar-refractivity contribution is 4.91. The van der Waals surface area contributed by atoms with Gasteiger partial charge in [-0.1, -0.05) is 32.6 Å². The fourth-order valence-electron chi connectivity index (χ4n) is 3.36. The van der Waals surface area contributed by atoms with Gasteiger partial charge in [0.05, 0.1) is 0 Å². The molecule has 82 valence electrons. The summed E-state index contributed by atoms with van der Waals surface area (Å²) >= 11 is 0. The molecule has 1 unspecified atom stereocenters. The molecule has 1 aliphatic heterocycles. The molecule has 1 N–H and O–H groups in total. The fourth-order valence-corrected chi connectivity index (χ4v) is 3.36. The van der Waals surface area contributed by atoms with E-state index in [1.54, 1.807) is 0 Å². The van der Waals surface area contributed by atoms with Gasteiger partial charge < -0.3 is 5.32 Å². The minimum atomic E-state index is 0.725. The molecule has 1 atom stereocenters. The lowest BCUT2D eigenvalue weighted by Crippen LogP contribution is -2.46. The summed E-state index contributed by atoms with van der Waals surface area (Å²) in [5, 5.41) is 3.78. The Hall–Kier alpha value is -0.0400. The monoisotopic (exact) mass is 195 g/mol. The van der Waals surface area contributed by atoms with Crippen molar-refractivity contribution in [2.24, 2.45) is 5.41 Å². The molecule has 2 rings (SSSR count). The summed E-state index contributed by atoms with van der Waals surface area (Å²) in [7, 11) is 0. The van der Waals surface area contributed by atoms with Crippen LogP contribution >= 0.6 is 0 Å². The summed E-state index contributed by atoms with van der Waals surface area (Å²) < 4.78 is 0. The highest BCUT2D eigenvalue weighted by Crippen LogP contribution is 2.42. The normalized spacial score (nSPS) is 31.9. The van der Waals surface area contributed by atoms with Crippen molar-refractivity contribution in [1.29, 1.82) is 0 Å². The topological polar surface area (TPSA) is 12.0 Å². The second-order valence-corrected chi connectivity index (χ2v) is 5.47. The van der Waals surface area contributed by atoms with E-state index in [9.17, 15) is 0 Å². The third kappa shape index (κ3) is 2.31. The molecular weight excluding hydrogens is 170 g/mol. The Morgan fingerprint density at radius 1 is 1.14 bits per heavy atom. The highest BCUT2D eigenvalue weighted by atomic mass is 14.9. The molecule has 1 heteroatoms. The van der Waals surface area contributed by atoms with Gasteiger partial charge in [0.1, 0.15) is 0 Å². The molecule has 0 aromatic rings. The summed E-state index contributed by atoms with van der Waals surface area (Å²) in [4.78, 5) is 0. The van der Waals surface area contributed by atoms with Crippen molar-refractivity contribution in [3.63, 3.8) is 0 Å². The molecule has 0 aromatic heterocycles. The van der Waals surface area contributed by atoms with E-state index >= 15 is 0 Å². The van der Waals surface area contributed by atoms with Crippen molar-refractivity contribution in [2.75, 3.05) is 6.54 Å². The number of hydrogen-bond acceptors (Lipinski definition) is 1. The first-order chi connectivity index (χ1) is 6.85. The van der Waals surface area contributed by atoms with Crippen molar-refractivity contribution >= 4 is 0 Å². The van der Waals surface area contributed by atoms with E-state index in [1.807, 2.05) is 0 Å². The van der Waals surface area contributed by atoms with Crippen molar-refractivity contribution in [1.82, 2.24) is 5.32 Å². The van der Waals surface area contributed by atoms with Gasteiger partial charge >= 0.3 is 0 Å². The van der Waals surface area contributed by atoms with Crippen molar-refractivity contribution in [3.05, 3.63) is 0 Å². The first kappa shape index (κ1) is 10.5. The number of rotatable bonds is 2. The molecule has 1 nitrogen and oxygen atoms in total. The van der Waals surface area contributed by atoms with Crippen LogP contribution in [0.1, 0.15) is 64.7 Å². The smallest absolute Gasteiger partial charge is 0.00674 e. The molecule has 0 amide bonds. The first-order valence-electron chi connectivity index (χ1n) is 6.58. The molecule has 1 aliphatic carbocycles. The second kappa shape index (κ2) is 4.65. The van der Waals surface area contributed by atoms with Crippen LogP contribution in [0.5, 0.6) is 0 Å². The minimum Gasteiger partial charge on any atom is -0.313 e. The Bertz CT molecular complexity index is 160. The lowest BCUT2D eigenvalue weighted by atomic mass is 9.68. The zero-order valence-corrected chi connectivity index (χ0v) is 9.65. The Morgan fingerprint density at radius 3 is 2.50 bits per heavy atom. The van der Waals surface area contributed by atoms with E-state index in [1.165, 1.54) is 64.3 Å². The molecule has 0 radical (unpaired) electrons. The SMILES string of the molecule is CCCC1CCC2(CCCCC2)CN1. The van der Waals surface area contributed by atoms with E-state index in [0.717, 1.165) is 11.5 Å². The summed E-state index contributed by atoms with van der Waals surface area (Å²) in [6.07, 6.45) is 13.1. The van der Waals surface area contributed by atoms with E-state index in [-0.39, 0.29) is 0 Å². The first-order valence-corrected chi connectivity index (χ1v) is 6.58. The van der Waals surface area contributed by atoms with E-state index in [0.29, 0.717) is 0 Å². The van der Waals surface area contributed by atoms with E-state index in [4.69, 9.17) is 0 Å². The van der Waals surface area contributed by atoms with Crippen molar-refractivity contribution in [2.45, 2.75) is 70.8 Å². The number of hydrogen-bond donors (Lipinski definition) is 1. The predicted molar refractivity (Wildman–Crippen MR) is 61.5 cm³/mol. The summed E-state index contributed by atoms with van der Waals surface area (Å²) in [6.45, 7) is 3.62. The minimum absolute atomic E-state index is 0.725. The van der Waals surface area contributed by atoms with Crippen molar-refractivity contribution < 1.29 is 0 Å². The van der Waals surface area contributed by atoms with Crippen LogP contribution in [0, 0.1) is 5.41 Å². The van der Waals surface area contributed by atoms with Crippen LogP contribution in [0.3, 0.4) is 0 Å². The second-order valence-electron chi connectivity index (χ2n) is 5.47. The lowest BCUT2D eigenvalue weighted by molar-refractivity contribution is 0.117. The molecule has 14 heavy (non-hydrogen) atoms. The zero-order chi connectivity index (χ0) is 9.86. The van der Waals surface area contributed by atoms with Crippen LogP contribution in [-0.2, 0) is 0 Å². The maximum Gasteiger partial charge on any atom is 0.00674 e. The molecule has 1 spiro atoms. The average molecular weight is 195 g/mol. The maximum absolute atomic E-state index is 3.78. The lowest BCUT2D eigenvalue weighted by Gasteiger charge is -2.43. The quantitative estimate of drug-likeness (QED) is 0.711.